The second kappa shape index (κ2) is 5.73. The Morgan fingerprint density at radius 2 is 2.10 bits per heavy atom. The van der Waals surface area contributed by atoms with Crippen LogP contribution in [0.3, 0.4) is 0 Å². The summed E-state index contributed by atoms with van der Waals surface area (Å²) in [5.41, 5.74) is 1.66. The van der Waals surface area contributed by atoms with E-state index < -0.39 is 0 Å². The van der Waals surface area contributed by atoms with Crippen molar-refractivity contribution in [2.45, 2.75) is 52.1 Å². The van der Waals surface area contributed by atoms with Crippen molar-refractivity contribution in [3.63, 3.8) is 0 Å². The molecule has 2 atom stereocenters. The minimum Gasteiger partial charge on any atom is -0.311 e. The molecule has 4 nitrogen and oxygen atoms in total. The van der Waals surface area contributed by atoms with Crippen LogP contribution in [0.4, 0.5) is 0 Å². The van der Waals surface area contributed by atoms with Crippen LogP contribution in [-0.4, -0.2) is 46.4 Å². The first-order valence-corrected chi connectivity index (χ1v) is 8.39. The van der Waals surface area contributed by atoms with Crippen LogP contribution in [0.25, 0.3) is 0 Å². The summed E-state index contributed by atoms with van der Waals surface area (Å²) < 4.78 is 2.01. The van der Waals surface area contributed by atoms with Gasteiger partial charge in [-0.05, 0) is 30.2 Å². The van der Waals surface area contributed by atoms with Gasteiger partial charge in [-0.2, -0.15) is 5.10 Å². The van der Waals surface area contributed by atoms with Gasteiger partial charge in [-0.25, -0.2) is 0 Å². The van der Waals surface area contributed by atoms with Gasteiger partial charge in [-0.1, -0.05) is 20.8 Å². The maximum Gasteiger partial charge on any atom is 0.0492 e. The maximum atomic E-state index is 4.29. The zero-order chi connectivity index (χ0) is 15.0. The van der Waals surface area contributed by atoms with Crippen molar-refractivity contribution in [2.75, 3.05) is 19.6 Å². The van der Waals surface area contributed by atoms with E-state index in [-0.39, 0.29) is 0 Å². The molecule has 3 rings (SSSR count). The predicted octanol–water partition coefficient (Wildman–Crippen LogP) is 2.06. The minimum absolute atomic E-state index is 0.327. The van der Waals surface area contributed by atoms with Gasteiger partial charge in [0.25, 0.3) is 0 Å². The summed E-state index contributed by atoms with van der Waals surface area (Å²) in [6, 6.07) is 3.49. The fraction of sp³-hybridized carbons (Fsp3) is 0.824. The van der Waals surface area contributed by atoms with Crippen LogP contribution in [-0.2, 0) is 13.5 Å². The van der Waals surface area contributed by atoms with Gasteiger partial charge in [0.15, 0.2) is 0 Å². The molecule has 2 aliphatic rings. The smallest absolute Gasteiger partial charge is 0.0492 e. The zero-order valence-corrected chi connectivity index (χ0v) is 14.0. The van der Waals surface area contributed by atoms with Crippen molar-refractivity contribution in [2.24, 2.45) is 18.4 Å². The molecular weight excluding hydrogens is 260 g/mol. The van der Waals surface area contributed by atoms with E-state index in [4.69, 9.17) is 0 Å². The SMILES string of the molecule is Cn1nccc1CCN1CC(C2CC2)NCC1C(C)(C)C. The number of aromatic nitrogens is 2. The highest BCUT2D eigenvalue weighted by Crippen LogP contribution is 2.36. The molecule has 1 aromatic rings. The first kappa shape index (κ1) is 15.0. The molecule has 0 bridgehead atoms. The standard InChI is InChI=1S/C17H30N4/c1-17(2,3)16-11-18-15(13-5-6-13)12-21(16)10-8-14-7-9-19-20(14)4/h7,9,13,15-16,18H,5-6,8,10-12H2,1-4H3. The first-order chi connectivity index (χ1) is 9.95. The Morgan fingerprint density at radius 3 is 2.67 bits per heavy atom. The van der Waals surface area contributed by atoms with Crippen LogP contribution in [0.5, 0.6) is 0 Å². The summed E-state index contributed by atoms with van der Waals surface area (Å²) in [7, 11) is 2.04. The molecule has 1 N–H and O–H groups in total. The minimum atomic E-state index is 0.327. The molecule has 1 saturated carbocycles. The quantitative estimate of drug-likeness (QED) is 0.921. The predicted molar refractivity (Wildman–Crippen MR) is 86.2 cm³/mol. The monoisotopic (exact) mass is 290 g/mol. The third-order valence-corrected chi connectivity index (χ3v) is 5.21. The lowest BCUT2D eigenvalue weighted by molar-refractivity contribution is 0.0519. The van der Waals surface area contributed by atoms with Crippen molar-refractivity contribution in [3.8, 4) is 0 Å². The Labute approximate surface area is 128 Å². The summed E-state index contributed by atoms with van der Waals surface area (Å²) in [6.07, 6.45) is 5.85. The molecule has 1 aliphatic carbocycles. The highest BCUT2D eigenvalue weighted by Gasteiger charge is 2.40. The lowest BCUT2D eigenvalue weighted by atomic mass is 9.83. The average Bonchev–Trinajstić information content (AvgIpc) is 3.19. The van der Waals surface area contributed by atoms with E-state index in [2.05, 4.69) is 42.2 Å². The van der Waals surface area contributed by atoms with E-state index in [0.717, 1.165) is 31.5 Å². The molecule has 2 unspecified atom stereocenters. The van der Waals surface area contributed by atoms with Gasteiger partial charge >= 0.3 is 0 Å². The van der Waals surface area contributed by atoms with Crippen molar-refractivity contribution < 1.29 is 0 Å². The van der Waals surface area contributed by atoms with Crippen LogP contribution < -0.4 is 5.32 Å². The lowest BCUT2D eigenvalue weighted by Crippen LogP contribution is -2.61. The van der Waals surface area contributed by atoms with Gasteiger partial charge in [0.05, 0.1) is 0 Å². The largest absolute Gasteiger partial charge is 0.311 e. The van der Waals surface area contributed by atoms with Crippen LogP contribution >= 0.6 is 0 Å². The van der Waals surface area contributed by atoms with E-state index in [1.54, 1.807) is 0 Å². The summed E-state index contributed by atoms with van der Waals surface area (Å²) in [5.74, 6) is 0.935. The number of nitrogens with one attached hydrogen (secondary N) is 1. The third-order valence-electron chi connectivity index (χ3n) is 5.21. The fourth-order valence-electron chi connectivity index (χ4n) is 3.66. The Balaban J connectivity index is 1.65. The second-order valence-electron chi connectivity index (χ2n) is 7.93. The van der Waals surface area contributed by atoms with E-state index in [0.29, 0.717) is 11.5 Å². The molecule has 118 valence electrons. The van der Waals surface area contributed by atoms with E-state index >= 15 is 0 Å². The molecule has 21 heavy (non-hydrogen) atoms. The molecule has 2 heterocycles. The average molecular weight is 290 g/mol. The maximum absolute atomic E-state index is 4.29. The Kier molecular flexibility index (Phi) is 4.10. The molecule has 0 aromatic carbocycles. The number of rotatable bonds is 4. The van der Waals surface area contributed by atoms with Gasteiger partial charge < -0.3 is 5.32 Å². The van der Waals surface area contributed by atoms with E-state index in [1.165, 1.54) is 25.1 Å². The van der Waals surface area contributed by atoms with Crippen LogP contribution in [0.2, 0.25) is 0 Å². The van der Waals surface area contributed by atoms with Gasteiger partial charge in [-0.3, -0.25) is 9.58 Å². The number of piperazine rings is 1. The van der Waals surface area contributed by atoms with Crippen LogP contribution in [0, 0.1) is 11.3 Å². The molecular formula is C17H30N4. The summed E-state index contributed by atoms with van der Waals surface area (Å²) in [4.78, 5) is 2.73. The molecule has 1 aliphatic heterocycles. The Hall–Kier alpha value is -0.870. The van der Waals surface area contributed by atoms with Crippen molar-refractivity contribution >= 4 is 0 Å². The van der Waals surface area contributed by atoms with E-state index in [9.17, 15) is 0 Å². The number of aryl methyl sites for hydroxylation is 1. The van der Waals surface area contributed by atoms with Gasteiger partial charge in [-0.15, -0.1) is 0 Å². The number of nitrogens with zero attached hydrogens (tertiary/aromatic N) is 3. The molecule has 0 radical (unpaired) electrons. The summed E-state index contributed by atoms with van der Waals surface area (Å²) >= 11 is 0. The molecule has 0 amide bonds. The highest BCUT2D eigenvalue weighted by molar-refractivity contribution is 5.03. The third kappa shape index (κ3) is 3.49. The molecule has 0 spiro atoms. The number of hydrogen-bond acceptors (Lipinski definition) is 3. The normalized spacial score (nSPS) is 28.0. The Morgan fingerprint density at radius 1 is 1.33 bits per heavy atom. The molecule has 1 saturated heterocycles. The topological polar surface area (TPSA) is 33.1 Å². The zero-order valence-electron chi connectivity index (χ0n) is 14.0. The van der Waals surface area contributed by atoms with Crippen LogP contribution in [0.15, 0.2) is 12.3 Å². The second-order valence-corrected chi connectivity index (χ2v) is 7.93. The highest BCUT2D eigenvalue weighted by atomic mass is 15.3. The first-order valence-electron chi connectivity index (χ1n) is 8.39. The molecule has 4 heteroatoms. The summed E-state index contributed by atoms with van der Waals surface area (Å²) in [6.45, 7) is 10.6. The number of hydrogen-bond donors (Lipinski definition) is 1. The lowest BCUT2D eigenvalue weighted by Gasteiger charge is -2.46. The molecule has 2 fully saturated rings. The van der Waals surface area contributed by atoms with Gasteiger partial charge in [0, 0.05) is 57.1 Å². The van der Waals surface area contributed by atoms with Gasteiger partial charge in [0.2, 0.25) is 0 Å². The van der Waals surface area contributed by atoms with Gasteiger partial charge in [0.1, 0.15) is 0 Å². The van der Waals surface area contributed by atoms with Crippen LogP contribution in [0.1, 0.15) is 39.3 Å². The van der Waals surface area contributed by atoms with Crippen molar-refractivity contribution in [1.29, 1.82) is 0 Å². The molecule has 1 aromatic heterocycles. The summed E-state index contributed by atoms with van der Waals surface area (Å²) in [5, 5.41) is 8.10. The Bertz CT molecular complexity index is 469. The fourth-order valence-corrected chi connectivity index (χ4v) is 3.66. The van der Waals surface area contributed by atoms with E-state index in [1.807, 2.05) is 17.9 Å². The van der Waals surface area contributed by atoms with Crippen molar-refractivity contribution in [1.82, 2.24) is 20.0 Å². The van der Waals surface area contributed by atoms with Crippen molar-refractivity contribution in [3.05, 3.63) is 18.0 Å².